The average molecular weight is 852 g/mol. The molecule has 12 rings (SSSR count). The van der Waals surface area contributed by atoms with Crippen molar-refractivity contribution in [2.75, 3.05) is 9.80 Å². The predicted molar refractivity (Wildman–Crippen MR) is 283 cm³/mol. The summed E-state index contributed by atoms with van der Waals surface area (Å²) in [7, 11) is 0. The summed E-state index contributed by atoms with van der Waals surface area (Å²) in [5.74, 6) is 0.222. The number of fused-ring (bicyclic) bond motifs is 7. The van der Waals surface area contributed by atoms with Crippen molar-refractivity contribution in [2.45, 2.75) is 64.6 Å². The average Bonchev–Trinajstić information content (AvgIpc) is 3.68. The second kappa shape index (κ2) is 15.1. The van der Waals surface area contributed by atoms with Gasteiger partial charge in [-0.3, -0.25) is 0 Å². The Kier molecular flexibility index (Phi) is 9.23. The van der Waals surface area contributed by atoms with Crippen molar-refractivity contribution < 1.29 is 0 Å². The van der Waals surface area contributed by atoms with E-state index in [1.807, 2.05) is 0 Å². The van der Waals surface area contributed by atoms with Gasteiger partial charge in [-0.1, -0.05) is 187 Å². The summed E-state index contributed by atoms with van der Waals surface area (Å²) < 4.78 is 2.47. The Balaban J connectivity index is 1.11. The van der Waals surface area contributed by atoms with Crippen molar-refractivity contribution in [1.29, 1.82) is 0 Å². The van der Waals surface area contributed by atoms with E-state index in [9.17, 15) is 0 Å². The molecule has 320 valence electrons. The molecule has 3 nitrogen and oxygen atoms in total. The SMILES string of the molecule is CC(C)(C)c1ccc(-c2ccccc2N2C3=CC=CCC3B3c4ccc(-n5c6ccccc6c6ccccc65)cc4N(c4ccccc4-c4ccc(C(C)(C)C)cc4)c4cccc2c43)cc1. The van der Waals surface area contributed by atoms with Gasteiger partial charge in [0.25, 0.3) is 0 Å². The lowest BCUT2D eigenvalue weighted by atomic mass is 9.29. The number of anilines is 5. The molecule has 3 aliphatic rings. The van der Waals surface area contributed by atoms with Gasteiger partial charge in [-0.05, 0) is 111 Å². The minimum Gasteiger partial charge on any atom is -0.314 e. The highest BCUT2D eigenvalue weighted by molar-refractivity contribution is 6.91. The molecule has 2 aliphatic heterocycles. The normalized spacial score (nSPS) is 15.5. The van der Waals surface area contributed by atoms with Crippen molar-refractivity contribution in [3.05, 3.63) is 217 Å². The van der Waals surface area contributed by atoms with Gasteiger partial charge < -0.3 is 14.4 Å². The van der Waals surface area contributed by atoms with Crippen molar-refractivity contribution >= 4 is 67.9 Å². The summed E-state index contributed by atoms with van der Waals surface area (Å²) >= 11 is 0. The van der Waals surface area contributed by atoms with E-state index in [4.69, 9.17) is 0 Å². The molecule has 0 spiro atoms. The highest BCUT2D eigenvalue weighted by Crippen LogP contribution is 2.52. The fourth-order valence-electron chi connectivity index (χ4n) is 11.3. The maximum atomic E-state index is 2.60. The summed E-state index contributed by atoms with van der Waals surface area (Å²) in [6, 6.07) is 68.6. The third-order valence-corrected chi connectivity index (χ3v) is 14.5. The quantitative estimate of drug-likeness (QED) is 0.160. The van der Waals surface area contributed by atoms with Crippen LogP contribution in [0.1, 0.15) is 59.1 Å². The summed E-state index contributed by atoms with van der Waals surface area (Å²) in [5.41, 5.74) is 21.4. The summed E-state index contributed by atoms with van der Waals surface area (Å²) in [6.45, 7) is 13.9. The maximum Gasteiger partial charge on any atom is 0.226 e. The number of nitrogens with zero attached hydrogens (tertiary/aromatic N) is 3. The van der Waals surface area contributed by atoms with Gasteiger partial charge >= 0.3 is 0 Å². The summed E-state index contributed by atoms with van der Waals surface area (Å²) in [6.07, 6.45) is 8.00. The molecular formula is C62H54BN3. The van der Waals surface area contributed by atoms with Crippen LogP contribution in [-0.4, -0.2) is 11.3 Å². The molecular weight excluding hydrogens is 798 g/mol. The molecule has 9 aromatic rings. The lowest BCUT2D eigenvalue weighted by Crippen LogP contribution is -2.58. The molecule has 0 saturated heterocycles. The molecule has 1 aliphatic carbocycles. The number of allylic oxidation sites excluding steroid dienone is 4. The highest BCUT2D eigenvalue weighted by atomic mass is 15.2. The molecule has 0 bridgehead atoms. The Morgan fingerprint density at radius 2 is 0.970 bits per heavy atom. The van der Waals surface area contributed by atoms with Crippen LogP contribution in [0.5, 0.6) is 0 Å². The lowest BCUT2D eigenvalue weighted by Gasteiger charge is -2.48. The van der Waals surface area contributed by atoms with E-state index in [0.717, 1.165) is 12.1 Å². The molecule has 0 N–H and O–H groups in total. The van der Waals surface area contributed by atoms with Crippen molar-refractivity contribution in [3.8, 4) is 27.9 Å². The smallest absolute Gasteiger partial charge is 0.226 e. The first kappa shape index (κ1) is 40.2. The van der Waals surface area contributed by atoms with E-state index in [1.165, 1.54) is 100 Å². The van der Waals surface area contributed by atoms with E-state index >= 15 is 0 Å². The largest absolute Gasteiger partial charge is 0.314 e. The highest BCUT2D eigenvalue weighted by Gasteiger charge is 2.48. The molecule has 1 aromatic heterocycles. The van der Waals surface area contributed by atoms with Gasteiger partial charge in [0.2, 0.25) is 6.71 Å². The van der Waals surface area contributed by atoms with E-state index in [0.29, 0.717) is 0 Å². The van der Waals surface area contributed by atoms with E-state index < -0.39 is 0 Å². The Labute approximate surface area is 390 Å². The van der Waals surface area contributed by atoms with Crippen LogP contribution >= 0.6 is 0 Å². The zero-order valence-electron chi connectivity index (χ0n) is 38.8. The first-order chi connectivity index (χ1) is 32.0. The van der Waals surface area contributed by atoms with Crippen LogP contribution in [0.4, 0.5) is 28.4 Å². The van der Waals surface area contributed by atoms with Crippen LogP contribution in [0.2, 0.25) is 5.82 Å². The number of para-hydroxylation sites is 4. The number of hydrogen-bond donors (Lipinski definition) is 0. The third kappa shape index (κ3) is 6.33. The van der Waals surface area contributed by atoms with Crippen LogP contribution in [0.25, 0.3) is 49.7 Å². The monoisotopic (exact) mass is 851 g/mol. The van der Waals surface area contributed by atoms with Gasteiger partial charge in [-0.25, -0.2) is 0 Å². The molecule has 1 atom stereocenters. The van der Waals surface area contributed by atoms with Crippen LogP contribution in [0, 0.1) is 0 Å². The van der Waals surface area contributed by atoms with Gasteiger partial charge in [0.05, 0.1) is 22.4 Å². The number of hydrogen-bond acceptors (Lipinski definition) is 2. The summed E-state index contributed by atoms with van der Waals surface area (Å²) in [4.78, 5) is 5.20. The predicted octanol–water partition coefficient (Wildman–Crippen LogP) is 15.5. The van der Waals surface area contributed by atoms with Gasteiger partial charge in [0.15, 0.2) is 0 Å². The van der Waals surface area contributed by atoms with Gasteiger partial charge in [0, 0.05) is 50.3 Å². The Bertz CT molecular complexity index is 3370. The maximum absolute atomic E-state index is 2.60. The minimum atomic E-state index is 0.0627. The van der Waals surface area contributed by atoms with Gasteiger partial charge in [-0.2, -0.15) is 0 Å². The fraction of sp³-hybridized carbons (Fsp3) is 0.161. The topological polar surface area (TPSA) is 11.4 Å². The van der Waals surface area contributed by atoms with Crippen LogP contribution in [0.15, 0.2) is 206 Å². The molecule has 0 fully saturated rings. The Morgan fingerprint density at radius 3 is 1.55 bits per heavy atom. The van der Waals surface area contributed by atoms with Gasteiger partial charge in [-0.15, -0.1) is 0 Å². The molecule has 0 radical (unpaired) electrons. The first-order valence-electron chi connectivity index (χ1n) is 23.7. The first-order valence-corrected chi connectivity index (χ1v) is 23.7. The standard InChI is InChI=1S/C62H54BN3/c1-61(2,3)43-34-30-41(31-35-43)46-18-7-12-23-52(46)65-56-27-16-11-22-50(56)63-51-39-38-45(64-54-25-14-9-20-48(54)49-21-10-15-26-55(49)64)40-59(51)66(58-29-17-28-57(65)60(58)63)53-24-13-8-19-47(53)42-32-36-44(37-33-42)62(4,5)6/h7-21,23-40,50H,22H2,1-6H3. The van der Waals surface area contributed by atoms with Crippen LogP contribution in [-0.2, 0) is 10.8 Å². The molecule has 8 aromatic carbocycles. The third-order valence-electron chi connectivity index (χ3n) is 14.5. The lowest BCUT2D eigenvalue weighted by molar-refractivity contribution is 0.590. The number of benzene rings is 8. The van der Waals surface area contributed by atoms with Gasteiger partial charge in [0.1, 0.15) is 0 Å². The fourth-order valence-corrected chi connectivity index (χ4v) is 11.3. The zero-order valence-corrected chi connectivity index (χ0v) is 38.8. The molecule has 3 heterocycles. The molecule has 1 unspecified atom stereocenters. The van der Waals surface area contributed by atoms with E-state index in [1.54, 1.807) is 0 Å². The second-order valence-electron chi connectivity index (χ2n) is 20.5. The van der Waals surface area contributed by atoms with E-state index in [-0.39, 0.29) is 23.4 Å². The zero-order chi connectivity index (χ0) is 44.9. The number of rotatable bonds is 5. The van der Waals surface area contributed by atoms with Crippen LogP contribution in [0.3, 0.4) is 0 Å². The Hall–Kier alpha value is -7.30. The second-order valence-corrected chi connectivity index (χ2v) is 20.5. The van der Waals surface area contributed by atoms with Crippen molar-refractivity contribution in [1.82, 2.24) is 4.57 Å². The molecule has 4 heteroatoms. The molecule has 66 heavy (non-hydrogen) atoms. The minimum absolute atomic E-state index is 0.0627. The van der Waals surface area contributed by atoms with Crippen LogP contribution < -0.4 is 20.7 Å². The summed E-state index contributed by atoms with van der Waals surface area (Å²) in [5, 5.41) is 2.53. The molecule has 0 amide bonds. The number of aromatic nitrogens is 1. The Morgan fingerprint density at radius 1 is 0.470 bits per heavy atom. The van der Waals surface area contributed by atoms with E-state index in [2.05, 4.69) is 256 Å². The van der Waals surface area contributed by atoms with Crippen molar-refractivity contribution in [3.63, 3.8) is 0 Å². The molecule has 0 saturated carbocycles. The van der Waals surface area contributed by atoms with Crippen molar-refractivity contribution in [2.24, 2.45) is 0 Å².